The minimum Gasteiger partial charge on any atom is -0.389 e. The second-order valence-corrected chi connectivity index (χ2v) is 4.30. The zero-order valence-electron chi connectivity index (χ0n) is 9.68. The van der Waals surface area contributed by atoms with E-state index in [0.717, 1.165) is 17.7 Å². The summed E-state index contributed by atoms with van der Waals surface area (Å²) in [6.45, 7) is 3.60. The van der Waals surface area contributed by atoms with E-state index in [1.54, 1.807) is 0 Å². The molecule has 1 aromatic carbocycles. The van der Waals surface area contributed by atoms with E-state index in [1.807, 2.05) is 31.3 Å². The zero-order chi connectivity index (χ0) is 12.1. The van der Waals surface area contributed by atoms with Gasteiger partial charge in [-0.15, -0.1) is 0 Å². The Hall–Kier alpha value is -0.970. The molecule has 3 N–H and O–H groups in total. The van der Waals surface area contributed by atoms with Crippen LogP contribution in [0.3, 0.4) is 0 Å². The molecule has 0 amide bonds. The van der Waals surface area contributed by atoms with Gasteiger partial charge in [0.1, 0.15) is 4.99 Å². The molecule has 0 bridgehead atoms. The van der Waals surface area contributed by atoms with E-state index in [2.05, 4.69) is 11.8 Å². The predicted octanol–water partition coefficient (Wildman–Crippen LogP) is 1.31. The van der Waals surface area contributed by atoms with Crippen molar-refractivity contribution in [3.8, 4) is 0 Å². The molecule has 1 rings (SSSR count). The number of hydrogen-bond donors (Lipinski definition) is 2. The average Bonchev–Trinajstić information content (AvgIpc) is 2.28. The van der Waals surface area contributed by atoms with Crippen molar-refractivity contribution in [2.45, 2.75) is 13.0 Å². The predicted molar refractivity (Wildman–Crippen MR) is 70.5 cm³/mol. The Morgan fingerprint density at radius 2 is 2.00 bits per heavy atom. The Morgan fingerprint density at radius 3 is 2.44 bits per heavy atom. The van der Waals surface area contributed by atoms with Gasteiger partial charge in [-0.05, 0) is 19.2 Å². The van der Waals surface area contributed by atoms with Gasteiger partial charge >= 0.3 is 0 Å². The second-order valence-electron chi connectivity index (χ2n) is 3.86. The lowest BCUT2D eigenvalue weighted by Crippen LogP contribution is -2.24. The molecule has 3 nitrogen and oxygen atoms in total. The lowest BCUT2D eigenvalue weighted by atomic mass is 10.1. The van der Waals surface area contributed by atoms with E-state index in [0.29, 0.717) is 11.5 Å². The van der Waals surface area contributed by atoms with Crippen LogP contribution in [0.4, 0.5) is 0 Å². The number of thiocarbonyl (C=S) groups is 1. The topological polar surface area (TPSA) is 49.5 Å². The van der Waals surface area contributed by atoms with Crippen molar-refractivity contribution in [1.82, 2.24) is 4.90 Å². The van der Waals surface area contributed by atoms with Crippen LogP contribution in [-0.4, -0.2) is 35.1 Å². The number of hydrogen-bond acceptors (Lipinski definition) is 3. The van der Waals surface area contributed by atoms with Gasteiger partial charge in [0.2, 0.25) is 0 Å². The van der Waals surface area contributed by atoms with E-state index >= 15 is 0 Å². The molecule has 0 radical (unpaired) electrons. The maximum absolute atomic E-state index is 9.95. The molecule has 0 aliphatic carbocycles. The molecule has 0 saturated heterocycles. The van der Waals surface area contributed by atoms with Crippen LogP contribution < -0.4 is 5.73 Å². The highest BCUT2D eigenvalue weighted by atomic mass is 32.1. The normalized spacial score (nSPS) is 12.8. The fraction of sp³-hybridized carbons (Fsp3) is 0.417. The number of benzene rings is 1. The highest BCUT2D eigenvalue weighted by molar-refractivity contribution is 7.80. The van der Waals surface area contributed by atoms with Crippen LogP contribution in [0, 0.1) is 0 Å². The maximum Gasteiger partial charge on any atom is 0.103 e. The molecule has 88 valence electrons. The molecule has 1 unspecified atom stereocenters. The Morgan fingerprint density at radius 1 is 1.44 bits per heavy atom. The molecule has 0 heterocycles. The molecule has 0 fully saturated rings. The summed E-state index contributed by atoms with van der Waals surface area (Å²) < 4.78 is 0. The van der Waals surface area contributed by atoms with E-state index in [9.17, 15) is 5.11 Å². The third kappa shape index (κ3) is 3.56. The van der Waals surface area contributed by atoms with Crippen LogP contribution in [0.2, 0.25) is 0 Å². The number of nitrogens with two attached hydrogens (primary N) is 1. The summed E-state index contributed by atoms with van der Waals surface area (Å²) in [6.07, 6.45) is -0.467. The van der Waals surface area contributed by atoms with E-state index in [-0.39, 0.29) is 0 Å². The zero-order valence-corrected chi connectivity index (χ0v) is 10.5. The first kappa shape index (κ1) is 13.1. The number of rotatable bonds is 5. The Kier molecular flexibility index (Phi) is 4.86. The highest BCUT2D eigenvalue weighted by Crippen LogP contribution is 2.14. The largest absolute Gasteiger partial charge is 0.389 e. The third-order valence-corrected chi connectivity index (χ3v) is 2.84. The molecule has 0 aliphatic rings. The first-order chi connectivity index (χ1) is 7.54. The number of aliphatic hydroxyl groups excluding tert-OH is 1. The Balaban J connectivity index is 2.70. The van der Waals surface area contributed by atoms with Crippen molar-refractivity contribution in [3.63, 3.8) is 0 Å². The van der Waals surface area contributed by atoms with Crippen LogP contribution in [0.5, 0.6) is 0 Å². The molecule has 4 heteroatoms. The molecule has 0 aromatic heterocycles. The first-order valence-electron chi connectivity index (χ1n) is 5.31. The average molecular weight is 238 g/mol. The minimum absolute atomic E-state index is 0.381. The fourth-order valence-electron chi connectivity index (χ4n) is 1.40. The van der Waals surface area contributed by atoms with Crippen molar-refractivity contribution in [2.24, 2.45) is 5.73 Å². The van der Waals surface area contributed by atoms with Crippen LogP contribution in [0.25, 0.3) is 0 Å². The van der Waals surface area contributed by atoms with E-state index in [4.69, 9.17) is 18.0 Å². The fourth-order valence-corrected chi connectivity index (χ4v) is 1.54. The second kappa shape index (κ2) is 5.94. The molecular weight excluding hydrogens is 220 g/mol. The molecule has 1 aromatic rings. The summed E-state index contributed by atoms with van der Waals surface area (Å²) >= 11 is 4.87. The summed E-state index contributed by atoms with van der Waals surface area (Å²) in [5.74, 6) is 0. The number of likely N-dealkylation sites (N-methyl/N-ethyl adjacent to an activating group) is 1. The van der Waals surface area contributed by atoms with Gasteiger partial charge in [-0.1, -0.05) is 43.4 Å². The highest BCUT2D eigenvalue weighted by Gasteiger charge is 2.09. The van der Waals surface area contributed by atoms with Gasteiger partial charge in [-0.2, -0.15) is 0 Å². The van der Waals surface area contributed by atoms with Gasteiger partial charge in [0.25, 0.3) is 0 Å². The quantitative estimate of drug-likeness (QED) is 0.759. The monoisotopic (exact) mass is 238 g/mol. The van der Waals surface area contributed by atoms with Crippen LogP contribution >= 0.6 is 12.2 Å². The Labute approximate surface area is 102 Å². The van der Waals surface area contributed by atoms with Crippen molar-refractivity contribution in [3.05, 3.63) is 35.4 Å². The van der Waals surface area contributed by atoms with Gasteiger partial charge < -0.3 is 15.7 Å². The molecular formula is C12H18N2OS. The van der Waals surface area contributed by atoms with Gasteiger partial charge in [-0.25, -0.2) is 0 Å². The van der Waals surface area contributed by atoms with Gasteiger partial charge in [0.05, 0.1) is 6.10 Å². The van der Waals surface area contributed by atoms with E-state index < -0.39 is 6.10 Å². The van der Waals surface area contributed by atoms with Crippen molar-refractivity contribution in [2.75, 3.05) is 20.1 Å². The standard InChI is InChI=1S/C12H18N2OS/c1-3-14(2)8-11(15)9-4-6-10(7-5-9)12(13)16/h4-7,11,15H,3,8H2,1-2H3,(H2,13,16). The van der Waals surface area contributed by atoms with Crippen molar-refractivity contribution < 1.29 is 5.11 Å². The SMILES string of the molecule is CCN(C)CC(O)c1ccc(C(N)=S)cc1. The molecule has 0 aliphatic heterocycles. The maximum atomic E-state index is 9.95. The lowest BCUT2D eigenvalue weighted by Gasteiger charge is -2.19. The summed E-state index contributed by atoms with van der Waals surface area (Å²) in [7, 11) is 1.98. The summed E-state index contributed by atoms with van der Waals surface area (Å²) in [5.41, 5.74) is 7.22. The summed E-state index contributed by atoms with van der Waals surface area (Å²) in [6, 6.07) is 7.41. The Bertz CT molecular complexity index is 351. The van der Waals surface area contributed by atoms with Crippen LogP contribution in [0.1, 0.15) is 24.2 Å². The van der Waals surface area contributed by atoms with Gasteiger partial charge in [0, 0.05) is 12.1 Å². The summed E-state index contributed by atoms with van der Waals surface area (Å²) in [5, 5.41) is 9.95. The van der Waals surface area contributed by atoms with Crippen molar-refractivity contribution in [1.29, 1.82) is 0 Å². The van der Waals surface area contributed by atoms with E-state index in [1.165, 1.54) is 0 Å². The molecule has 0 spiro atoms. The minimum atomic E-state index is -0.467. The third-order valence-electron chi connectivity index (χ3n) is 2.60. The smallest absolute Gasteiger partial charge is 0.103 e. The molecule has 1 atom stereocenters. The lowest BCUT2D eigenvalue weighted by molar-refractivity contribution is 0.129. The number of nitrogens with zero attached hydrogens (tertiary/aromatic N) is 1. The van der Waals surface area contributed by atoms with Crippen LogP contribution in [0.15, 0.2) is 24.3 Å². The summed E-state index contributed by atoms with van der Waals surface area (Å²) in [4.78, 5) is 2.44. The number of aliphatic hydroxyl groups is 1. The van der Waals surface area contributed by atoms with Gasteiger partial charge in [0.15, 0.2) is 0 Å². The van der Waals surface area contributed by atoms with Crippen LogP contribution in [-0.2, 0) is 0 Å². The molecule has 0 saturated carbocycles. The van der Waals surface area contributed by atoms with Crippen molar-refractivity contribution >= 4 is 17.2 Å². The van der Waals surface area contributed by atoms with Gasteiger partial charge in [-0.3, -0.25) is 0 Å². The first-order valence-corrected chi connectivity index (χ1v) is 5.71. The molecule has 16 heavy (non-hydrogen) atoms.